The van der Waals surface area contributed by atoms with Gasteiger partial charge in [-0.1, -0.05) is 170 Å². The number of rotatable bonds is 4. The molecule has 10 rings (SSSR count). The van der Waals surface area contributed by atoms with Crippen LogP contribution in [0, 0.1) is 0 Å². The molecule has 0 aromatic heterocycles. The average molecular weight is 621 g/mol. The zero-order valence-electron chi connectivity index (χ0n) is 27.0. The second-order valence-electron chi connectivity index (χ2n) is 13.2. The average Bonchev–Trinajstić information content (AvgIpc) is 3.17. The lowest BCUT2D eigenvalue weighted by molar-refractivity contribution is 1.20. The molecule has 0 saturated carbocycles. The Hall–Kier alpha value is -6.24. The molecule has 0 heterocycles. The molecule has 0 unspecified atom stereocenters. The zero-order valence-corrected chi connectivity index (χ0v) is 27.0. The fraction of sp³-hybridized carbons (Fsp3) is 0.0204. The van der Waals surface area contributed by atoms with Gasteiger partial charge in [0.05, 0.1) is 0 Å². The van der Waals surface area contributed by atoms with Gasteiger partial charge in [-0.3, -0.25) is 0 Å². The lowest BCUT2D eigenvalue weighted by Crippen LogP contribution is -2.02. The molecule has 49 heavy (non-hydrogen) atoms. The largest absolute Gasteiger partial charge is 0.0622 e. The molecule has 9 aromatic carbocycles. The molecule has 0 aliphatic heterocycles. The molecule has 0 spiro atoms. The van der Waals surface area contributed by atoms with Crippen LogP contribution in [0.1, 0.15) is 11.1 Å². The van der Waals surface area contributed by atoms with Crippen LogP contribution in [-0.2, 0) is 6.42 Å². The van der Waals surface area contributed by atoms with Crippen molar-refractivity contribution in [1.29, 1.82) is 0 Å². The first-order valence-corrected chi connectivity index (χ1v) is 17.1. The van der Waals surface area contributed by atoms with Gasteiger partial charge in [-0.15, -0.1) is 0 Å². The summed E-state index contributed by atoms with van der Waals surface area (Å²) in [5, 5.41) is 7.81. The SMILES string of the molecule is c1ccc(-c2ccc3c(c2)-c2ccc(-c4cccc(-c5c6ccccc6c(-c6ccccc6)c6ccccc56)c4)c4cccc(c24)C3)cc1. The van der Waals surface area contributed by atoms with E-state index >= 15 is 0 Å². The van der Waals surface area contributed by atoms with Crippen molar-refractivity contribution in [2.75, 3.05) is 0 Å². The van der Waals surface area contributed by atoms with Gasteiger partial charge in [0.2, 0.25) is 0 Å². The summed E-state index contributed by atoms with van der Waals surface area (Å²) in [5.74, 6) is 0. The van der Waals surface area contributed by atoms with E-state index in [2.05, 4.69) is 182 Å². The third-order valence-corrected chi connectivity index (χ3v) is 10.5. The molecule has 0 fully saturated rings. The summed E-state index contributed by atoms with van der Waals surface area (Å²) in [6.45, 7) is 0. The number of hydrogen-bond donors (Lipinski definition) is 0. The minimum atomic E-state index is 0.948. The van der Waals surface area contributed by atoms with E-state index in [0.29, 0.717) is 0 Å². The van der Waals surface area contributed by atoms with Crippen LogP contribution in [0.3, 0.4) is 0 Å². The van der Waals surface area contributed by atoms with E-state index in [9.17, 15) is 0 Å². The van der Waals surface area contributed by atoms with Crippen LogP contribution in [0.5, 0.6) is 0 Å². The first-order valence-electron chi connectivity index (χ1n) is 17.1. The maximum atomic E-state index is 2.41. The maximum Gasteiger partial charge on any atom is -0.00132 e. The minimum Gasteiger partial charge on any atom is -0.0622 e. The Balaban J connectivity index is 1.17. The first-order chi connectivity index (χ1) is 24.3. The minimum absolute atomic E-state index is 0.948. The summed E-state index contributed by atoms with van der Waals surface area (Å²) in [6, 6.07) is 67.1. The summed E-state index contributed by atoms with van der Waals surface area (Å²) >= 11 is 0. The van der Waals surface area contributed by atoms with Gasteiger partial charge in [0.15, 0.2) is 0 Å². The van der Waals surface area contributed by atoms with Crippen molar-refractivity contribution >= 4 is 32.3 Å². The molecular formula is C49H32. The third kappa shape index (κ3) is 4.45. The molecule has 228 valence electrons. The number of benzene rings is 9. The van der Waals surface area contributed by atoms with Crippen molar-refractivity contribution in [3.8, 4) is 55.6 Å². The Morgan fingerprint density at radius 1 is 0.265 bits per heavy atom. The fourth-order valence-electron chi connectivity index (χ4n) is 8.30. The van der Waals surface area contributed by atoms with E-state index in [1.165, 1.54) is 99.1 Å². The highest BCUT2D eigenvalue weighted by Gasteiger charge is 2.22. The van der Waals surface area contributed by atoms with Crippen molar-refractivity contribution in [1.82, 2.24) is 0 Å². The predicted octanol–water partition coefficient (Wildman–Crippen LogP) is 13.4. The van der Waals surface area contributed by atoms with Crippen LogP contribution in [0.15, 0.2) is 182 Å². The van der Waals surface area contributed by atoms with E-state index in [0.717, 1.165) is 6.42 Å². The number of fused-ring (bicyclic) bond motifs is 4. The summed E-state index contributed by atoms with van der Waals surface area (Å²) in [6.07, 6.45) is 0.948. The summed E-state index contributed by atoms with van der Waals surface area (Å²) in [5.41, 5.74) is 15.6. The lowest BCUT2D eigenvalue weighted by Gasteiger charge is -2.23. The Kier molecular flexibility index (Phi) is 6.35. The smallest absolute Gasteiger partial charge is 0.00132 e. The van der Waals surface area contributed by atoms with Gasteiger partial charge in [-0.05, 0) is 118 Å². The lowest BCUT2D eigenvalue weighted by atomic mass is 9.80. The Morgan fingerprint density at radius 2 is 0.796 bits per heavy atom. The van der Waals surface area contributed by atoms with Gasteiger partial charge in [0.25, 0.3) is 0 Å². The molecule has 0 saturated heterocycles. The highest BCUT2D eigenvalue weighted by atomic mass is 14.2. The topological polar surface area (TPSA) is 0 Å². The second kappa shape index (κ2) is 11.2. The Bertz CT molecular complexity index is 2660. The molecule has 0 nitrogen and oxygen atoms in total. The van der Waals surface area contributed by atoms with Crippen molar-refractivity contribution in [2.45, 2.75) is 6.42 Å². The van der Waals surface area contributed by atoms with E-state index in [1.54, 1.807) is 0 Å². The van der Waals surface area contributed by atoms with Crippen molar-refractivity contribution < 1.29 is 0 Å². The molecule has 0 heteroatoms. The summed E-state index contributed by atoms with van der Waals surface area (Å²) in [7, 11) is 0. The van der Waals surface area contributed by atoms with Crippen LogP contribution in [-0.4, -0.2) is 0 Å². The quantitative estimate of drug-likeness (QED) is 0.172. The van der Waals surface area contributed by atoms with Gasteiger partial charge in [-0.2, -0.15) is 0 Å². The van der Waals surface area contributed by atoms with Crippen molar-refractivity contribution in [3.63, 3.8) is 0 Å². The fourth-order valence-corrected chi connectivity index (χ4v) is 8.30. The Morgan fingerprint density at radius 3 is 1.49 bits per heavy atom. The summed E-state index contributed by atoms with van der Waals surface area (Å²) in [4.78, 5) is 0. The molecule has 0 N–H and O–H groups in total. The molecule has 0 atom stereocenters. The van der Waals surface area contributed by atoms with Crippen molar-refractivity contribution in [2.24, 2.45) is 0 Å². The van der Waals surface area contributed by atoms with E-state index < -0.39 is 0 Å². The third-order valence-electron chi connectivity index (χ3n) is 10.5. The van der Waals surface area contributed by atoms with E-state index in [1.807, 2.05) is 0 Å². The molecule has 0 radical (unpaired) electrons. The first kappa shape index (κ1) is 27.8. The molecule has 0 bridgehead atoms. The van der Waals surface area contributed by atoms with Crippen LogP contribution in [0.4, 0.5) is 0 Å². The van der Waals surface area contributed by atoms with E-state index in [-0.39, 0.29) is 0 Å². The van der Waals surface area contributed by atoms with Crippen LogP contribution >= 0.6 is 0 Å². The van der Waals surface area contributed by atoms with Crippen LogP contribution in [0.25, 0.3) is 88.0 Å². The van der Waals surface area contributed by atoms with Gasteiger partial charge in [-0.25, -0.2) is 0 Å². The Labute approximate surface area is 286 Å². The molecule has 1 aliphatic carbocycles. The molecule has 9 aromatic rings. The normalized spacial score (nSPS) is 12.0. The number of hydrogen-bond acceptors (Lipinski definition) is 0. The highest BCUT2D eigenvalue weighted by molar-refractivity contribution is 6.21. The van der Waals surface area contributed by atoms with Crippen LogP contribution in [0.2, 0.25) is 0 Å². The molecule has 1 aliphatic rings. The van der Waals surface area contributed by atoms with Gasteiger partial charge < -0.3 is 0 Å². The van der Waals surface area contributed by atoms with Crippen molar-refractivity contribution in [3.05, 3.63) is 193 Å². The van der Waals surface area contributed by atoms with Gasteiger partial charge >= 0.3 is 0 Å². The molecule has 0 amide bonds. The van der Waals surface area contributed by atoms with Gasteiger partial charge in [0.1, 0.15) is 0 Å². The standard InChI is InChI=1S/C49H32/c1-3-13-32(14-4-1)34-25-26-36-30-38-19-12-24-40-39(27-28-45(48(38)40)46(36)31-34)35-17-11-18-37(29-35)49-43-22-9-7-20-41(43)47(33-15-5-2-6-16-33)42-21-8-10-23-44(42)49/h1-29,31H,30H2. The maximum absolute atomic E-state index is 2.41. The van der Waals surface area contributed by atoms with Gasteiger partial charge in [0, 0.05) is 0 Å². The monoisotopic (exact) mass is 620 g/mol. The molecular weight excluding hydrogens is 589 g/mol. The zero-order chi connectivity index (χ0) is 32.3. The second-order valence-corrected chi connectivity index (χ2v) is 13.2. The predicted molar refractivity (Wildman–Crippen MR) is 209 cm³/mol. The van der Waals surface area contributed by atoms with Crippen LogP contribution < -0.4 is 0 Å². The van der Waals surface area contributed by atoms with E-state index in [4.69, 9.17) is 0 Å². The highest BCUT2D eigenvalue weighted by Crippen LogP contribution is 2.47. The summed E-state index contributed by atoms with van der Waals surface area (Å²) < 4.78 is 0.